The second-order valence-corrected chi connectivity index (χ2v) is 4.31. The van der Waals surface area contributed by atoms with Gasteiger partial charge in [0, 0.05) is 26.3 Å². The Morgan fingerprint density at radius 2 is 2.24 bits per heavy atom. The van der Waals surface area contributed by atoms with Gasteiger partial charge in [0.15, 0.2) is 0 Å². The molecule has 1 aromatic heterocycles. The molecule has 0 saturated heterocycles. The lowest BCUT2D eigenvalue weighted by atomic mass is 10.2. The summed E-state index contributed by atoms with van der Waals surface area (Å²) in [6, 6.07) is 2.15. The number of hydrogen-bond donors (Lipinski definition) is 2. The quantitative estimate of drug-likeness (QED) is 0.702. The molecule has 17 heavy (non-hydrogen) atoms. The SMILES string of the molecule is CCCNCc1cnc(N(C)CCO)c(C)c1. The first-order chi connectivity index (χ1) is 8.19. The van der Waals surface area contributed by atoms with Gasteiger partial charge in [-0.15, -0.1) is 0 Å². The van der Waals surface area contributed by atoms with Crippen LogP contribution in [0.5, 0.6) is 0 Å². The highest BCUT2D eigenvalue weighted by Gasteiger charge is 2.06. The molecule has 0 radical (unpaired) electrons. The predicted molar refractivity (Wildman–Crippen MR) is 71.3 cm³/mol. The molecule has 0 saturated carbocycles. The zero-order valence-corrected chi connectivity index (χ0v) is 11.0. The van der Waals surface area contributed by atoms with Crippen molar-refractivity contribution in [1.29, 1.82) is 0 Å². The summed E-state index contributed by atoms with van der Waals surface area (Å²) in [6.07, 6.45) is 3.04. The summed E-state index contributed by atoms with van der Waals surface area (Å²) in [5.74, 6) is 0.943. The molecule has 4 heteroatoms. The minimum atomic E-state index is 0.150. The number of rotatable bonds is 7. The number of aliphatic hydroxyl groups is 1. The molecule has 0 amide bonds. The van der Waals surface area contributed by atoms with Crippen molar-refractivity contribution in [2.24, 2.45) is 0 Å². The summed E-state index contributed by atoms with van der Waals surface area (Å²) >= 11 is 0. The van der Waals surface area contributed by atoms with Crippen LogP contribution in [-0.4, -0.2) is 36.8 Å². The van der Waals surface area contributed by atoms with Crippen molar-refractivity contribution in [3.05, 3.63) is 23.4 Å². The lowest BCUT2D eigenvalue weighted by Crippen LogP contribution is -2.23. The van der Waals surface area contributed by atoms with Crippen LogP contribution in [-0.2, 0) is 6.54 Å². The molecular weight excluding hydrogens is 214 g/mol. The minimum Gasteiger partial charge on any atom is -0.395 e. The summed E-state index contributed by atoms with van der Waals surface area (Å²) in [4.78, 5) is 6.42. The Hall–Kier alpha value is -1.13. The Kier molecular flexibility index (Phi) is 5.94. The number of nitrogens with zero attached hydrogens (tertiary/aromatic N) is 2. The number of aliphatic hydroxyl groups excluding tert-OH is 1. The van der Waals surface area contributed by atoms with E-state index in [0.29, 0.717) is 6.54 Å². The number of likely N-dealkylation sites (N-methyl/N-ethyl adjacent to an activating group) is 1. The minimum absolute atomic E-state index is 0.150. The average molecular weight is 237 g/mol. The van der Waals surface area contributed by atoms with Crippen molar-refractivity contribution < 1.29 is 5.11 Å². The molecule has 0 aliphatic carbocycles. The average Bonchev–Trinajstić information content (AvgIpc) is 2.29. The Labute approximate surface area is 104 Å². The summed E-state index contributed by atoms with van der Waals surface area (Å²) in [5, 5.41) is 12.3. The number of anilines is 1. The van der Waals surface area contributed by atoms with E-state index in [0.717, 1.165) is 30.9 Å². The van der Waals surface area contributed by atoms with Crippen LogP contribution in [0, 0.1) is 6.92 Å². The van der Waals surface area contributed by atoms with Crippen molar-refractivity contribution in [3.8, 4) is 0 Å². The number of pyridine rings is 1. The highest BCUT2D eigenvalue weighted by Crippen LogP contribution is 2.16. The van der Waals surface area contributed by atoms with Crippen molar-refractivity contribution in [2.75, 3.05) is 31.6 Å². The van der Waals surface area contributed by atoms with Crippen molar-refractivity contribution in [3.63, 3.8) is 0 Å². The molecule has 2 N–H and O–H groups in total. The van der Waals surface area contributed by atoms with Crippen LogP contribution in [0.2, 0.25) is 0 Å². The fourth-order valence-corrected chi connectivity index (χ4v) is 1.79. The van der Waals surface area contributed by atoms with Gasteiger partial charge in [0.05, 0.1) is 6.61 Å². The number of aryl methyl sites for hydroxylation is 1. The van der Waals surface area contributed by atoms with E-state index in [-0.39, 0.29) is 6.61 Å². The normalized spacial score (nSPS) is 10.6. The fraction of sp³-hybridized carbons (Fsp3) is 0.615. The second-order valence-electron chi connectivity index (χ2n) is 4.31. The molecular formula is C13H23N3O. The van der Waals surface area contributed by atoms with Gasteiger partial charge in [-0.25, -0.2) is 4.98 Å². The first-order valence-corrected chi connectivity index (χ1v) is 6.17. The Balaban J connectivity index is 2.65. The van der Waals surface area contributed by atoms with E-state index in [4.69, 9.17) is 5.11 Å². The van der Waals surface area contributed by atoms with E-state index in [1.54, 1.807) is 0 Å². The Morgan fingerprint density at radius 1 is 1.47 bits per heavy atom. The van der Waals surface area contributed by atoms with Gasteiger partial charge in [-0.05, 0) is 37.1 Å². The summed E-state index contributed by atoms with van der Waals surface area (Å²) in [7, 11) is 1.94. The van der Waals surface area contributed by atoms with Crippen LogP contribution in [0.1, 0.15) is 24.5 Å². The van der Waals surface area contributed by atoms with Crippen LogP contribution >= 0.6 is 0 Å². The largest absolute Gasteiger partial charge is 0.395 e. The Bertz CT molecular complexity index is 341. The zero-order chi connectivity index (χ0) is 12.7. The molecule has 0 fully saturated rings. The number of aromatic nitrogens is 1. The molecule has 0 spiro atoms. The topological polar surface area (TPSA) is 48.4 Å². The first kappa shape index (κ1) is 13.9. The molecule has 1 heterocycles. The maximum atomic E-state index is 8.91. The summed E-state index contributed by atoms with van der Waals surface area (Å²) < 4.78 is 0. The van der Waals surface area contributed by atoms with Crippen LogP contribution in [0.4, 0.5) is 5.82 Å². The highest BCUT2D eigenvalue weighted by molar-refractivity contribution is 5.46. The smallest absolute Gasteiger partial charge is 0.131 e. The third-order valence-electron chi connectivity index (χ3n) is 2.66. The third-order valence-corrected chi connectivity index (χ3v) is 2.66. The van der Waals surface area contributed by atoms with E-state index >= 15 is 0 Å². The maximum absolute atomic E-state index is 8.91. The number of hydrogen-bond acceptors (Lipinski definition) is 4. The van der Waals surface area contributed by atoms with Gasteiger partial charge in [-0.2, -0.15) is 0 Å². The molecule has 0 unspecified atom stereocenters. The molecule has 0 aliphatic rings. The van der Waals surface area contributed by atoms with Gasteiger partial charge in [-0.1, -0.05) is 6.92 Å². The fourth-order valence-electron chi connectivity index (χ4n) is 1.79. The molecule has 0 bridgehead atoms. The third kappa shape index (κ3) is 4.32. The van der Waals surface area contributed by atoms with Gasteiger partial charge in [0.2, 0.25) is 0 Å². The lowest BCUT2D eigenvalue weighted by Gasteiger charge is -2.19. The van der Waals surface area contributed by atoms with E-state index in [1.165, 1.54) is 5.56 Å². The lowest BCUT2D eigenvalue weighted by molar-refractivity contribution is 0.304. The van der Waals surface area contributed by atoms with Crippen molar-refractivity contribution in [1.82, 2.24) is 10.3 Å². The maximum Gasteiger partial charge on any atom is 0.131 e. The monoisotopic (exact) mass is 237 g/mol. The molecule has 96 valence electrons. The molecule has 4 nitrogen and oxygen atoms in total. The molecule has 0 aliphatic heterocycles. The van der Waals surface area contributed by atoms with Crippen molar-refractivity contribution >= 4 is 5.82 Å². The van der Waals surface area contributed by atoms with Gasteiger partial charge in [0.1, 0.15) is 5.82 Å². The Morgan fingerprint density at radius 3 is 2.82 bits per heavy atom. The van der Waals surface area contributed by atoms with Gasteiger partial charge >= 0.3 is 0 Å². The predicted octanol–water partition coefficient (Wildman–Crippen LogP) is 1.32. The van der Waals surface area contributed by atoms with Crippen LogP contribution in [0.3, 0.4) is 0 Å². The van der Waals surface area contributed by atoms with Gasteiger partial charge < -0.3 is 15.3 Å². The molecule has 0 atom stereocenters. The highest BCUT2D eigenvalue weighted by atomic mass is 16.3. The van der Waals surface area contributed by atoms with Gasteiger partial charge in [0.25, 0.3) is 0 Å². The second kappa shape index (κ2) is 7.25. The van der Waals surface area contributed by atoms with E-state index in [1.807, 2.05) is 18.1 Å². The molecule has 0 aromatic carbocycles. The van der Waals surface area contributed by atoms with Gasteiger partial charge in [-0.3, -0.25) is 0 Å². The van der Waals surface area contributed by atoms with Crippen LogP contribution in [0.25, 0.3) is 0 Å². The van der Waals surface area contributed by atoms with Crippen LogP contribution in [0.15, 0.2) is 12.3 Å². The summed E-state index contributed by atoms with van der Waals surface area (Å²) in [5.41, 5.74) is 2.36. The van der Waals surface area contributed by atoms with E-state index in [9.17, 15) is 0 Å². The van der Waals surface area contributed by atoms with E-state index < -0.39 is 0 Å². The van der Waals surface area contributed by atoms with Crippen molar-refractivity contribution in [2.45, 2.75) is 26.8 Å². The first-order valence-electron chi connectivity index (χ1n) is 6.17. The van der Waals surface area contributed by atoms with E-state index in [2.05, 4.69) is 30.2 Å². The molecule has 1 aromatic rings. The summed E-state index contributed by atoms with van der Waals surface area (Å²) in [6.45, 7) is 6.87. The zero-order valence-electron chi connectivity index (χ0n) is 11.0. The van der Waals surface area contributed by atoms with Crippen LogP contribution < -0.4 is 10.2 Å². The number of nitrogens with one attached hydrogen (secondary N) is 1. The molecule has 1 rings (SSSR count). The standard InChI is InChI=1S/C13H23N3O/c1-4-5-14-9-12-8-11(2)13(15-10-12)16(3)6-7-17/h8,10,14,17H,4-7,9H2,1-3H3.